The molecule has 0 unspecified atom stereocenters. The molecule has 1 aliphatic heterocycles. The van der Waals surface area contributed by atoms with Crippen LogP contribution in [0, 0.1) is 17.3 Å². The Morgan fingerprint density at radius 2 is 2.26 bits per heavy atom. The first-order valence-corrected chi connectivity index (χ1v) is 8.22. The van der Waals surface area contributed by atoms with Crippen molar-refractivity contribution < 1.29 is 9.84 Å². The van der Waals surface area contributed by atoms with Gasteiger partial charge in [0.1, 0.15) is 6.33 Å². The molecule has 23 heavy (non-hydrogen) atoms. The number of ether oxygens (including phenoxy) is 1. The molecule has 7 heteroatoms. The fourth-order valence-electron chi connectivity index (χ4n) is 5.22. The maximum absolute atomic E-state index is 9.83. The summed E-state index contributed by atoms with van der Waals surface area (Å²) in [5.74, 6) is 1.85. The van der Waals surface area contributed by atoms with Gasteiger partial charge in [-0.2, -0.15) is 0 Å². The molecule has 0 radical (unpaired) electrons. The Hall–Kier alpha value is -1.73. The lowest BCUT2D eigenvalue weighted by atomic mass is 9.74. The van der Waals surface area contributed by atoms with Crippen molar-refractivity contribution in [2.45, 2.75) is 25.0 Å². The number of imidazole rings is 1. The number of rotatable bonds is 3. The van der Waals surface area contributed by atoms with Gasteiger partial charge in [-0.15, -0.1) is 0 Å². The van der Waals surface area contributed by atoms with Crippen molar-refractivity contribution in [3.05, 3.63) is 12.7 Å². The number of aliphatic hydroxyl groups excluding tert-OH is 1. The number of nitrogens with zero attached hydrogens (tertiary/aromatic N) is 5. The highest BCUT2D eigenvalue weighted by Crippen LogP contribution is 2.64. The molecule has 1 N–H and O–H groups in total. The van der Waals surface area contributed by atoms with Crippen molar-refractivity contribution >= 4 is 17.0 Å². The van der Waals surface area contributed by atoms with Crippen molar-refractivity contribution in [2.75, 3.05) is 32.2 Å². The molecule has 2 saturated carbocycles. The molecule has 7 nitrogen and oxygen atoms in total. The lowest BCUT2D eigenvalue weighted by Crippen LogP contribution is -2.37. The van der Waals surface area contributed by atoms with Gasteiger partial charge >= 0.3 is 0 Å². The summed E-state index contributed by atoms with van der Waals surface area (Å²) in [4.78, 5) is 15.4. The minimum absolute atomic E-state index is 0.00595. The molecule has 2 aliphatic carbocycles. The van der Waals surface area contributed by atoms with Crippen molar-refractivity contribution in [3.63, 3.8) is 0 Å². The van der Waals surface area contributed by atoms with E-state index in [-0.39, 0.29) is 24.2 Å². The van der Waals surface area contributed by atoms with E-state index in [1.54, 1.807) is 6.33 Å². The normalized spacial score (nSPS) is 37.9. The summed E-state index contributed by atoms with van der Waals surface area (Å²) < 4.78 is 8.31. The van der Waals surface area contributed by atoms with Gasteiger partial charge in [0.15, 0.2) is 17.0 Å². The predicted octanol–water partition coefficient (Wildman–Crippen LogP) is 0.851. The molecule has 3 fully saturated rings. The Balaban J connectivity index is 1.60. The molecule has 2 bridgehead atoms. The van der Waals surface area contributed by atoms with Crippen LogP contribution in [0.1, 0.15) is 18.9 Å². The Morgan fingerprint density at radius 3 is 3.04 bits per heavy atom. The first kappa shape index (κ1) is 13.7. The van der Waals surface area contributed by atoms with Crippen LogP contribution in [0.5, 0.6) is 0 Å². The third-order valence-corrected chi connectivity index (χ3v) is 6.19. The molecule has 0 aromatic carbocycles. The third-order valence-electron chi connectivity index (χ3n) is 6.19. The third kappa shape index (κ3) is 1.59. The molecule has 0 spiro atoms. The summed E-state index contributed by atoms with van der Waals surface area (Å²) >= 11 is 0. The molecule has 5 atom stereocenters. The van der Waals surface area contributed by atoms with Crippen molar-refractivity contribution in [1.82, 2.24) is 19.5 Å². The van der Waals surface area contributed by atoms with Gasteiger partial charge in [0.2, 0.25) is 0 Å². The van der Waals surface area contributed by atoms with Crippen LogP contribution in [-0.4, -0.2) is 58.0 Å². The highest BCUT2D eigenvalue weighted by atomic mass is 16.5. The molecule has 0 amide bonds. The van der Waals surface area contributed by atoms with Gasteiger partial charge in [0, 0.05) is 19.5 Å². The molecule has 2 aromatic heterocycles. The molecular formula is C16H21N5O2. The van der Waals surface area contributed by atoms with Crippen molar-refractivity contribution in [2.24, 2.45) is 17.3 Å². The van der Waals surface area contributed by atoms with E-state index in [1.807, 2.05) is 25.3 Å². The second-order valence-electron chi connectivity index (χ2n) is 7.51. The number of anilines is 1. The summed E-state index contributed by atoms with van der Waals surface area (Å²) in [7, 11) is 3.93. The molecule has 122 valence electrons. The summed E-state index contributed by atoms with van der Waals surface area (Å²) in [6, 6.07) is 0.275. The maximum Gasteiger partial charge on any atom is 0.165 e. The highest BCUT2D eigenvalue weighted by molar-refractivity contribution is 5.83. The van der Waals surface area contributed by atoms with Crippen molar-refractivity contribution in [3.8, 4) is 0 Å². The van der Waals surface area contributed by atoms with E-state index in [0.29, 0.717) is 18.4 Å². The topological polar surface area (TPSA) is 76.3 Å². The van der Waals surface area contributed by atoms with Crippen LogP contribution >= 0.6 is 0 Å². The second kappa shape index (κ2) is 4.42. The molecular weight excluding hydrogens is 294 g/mol. The zero-order chi connectivity index (χ0) is 15.8. The SMILES string of the molecule is CN(C)c1ncnc2c1ncn2[C@H]1[C@@H]2C[C@@H]3[C@H]1OC[C@]3(CO)C2. The van der Waals surface area contributed by atoms with E-state index in [1.165, 1.54) is 0 Å². The zero-order valence-electron chi connectivity index (χ0n) is 13.4. The zero-order valence-corrected chi connectivity index (χ0v) is 13.4. The molecule has 3 heterocycles. The van der Waals surface area contributed by atoms with E-state index < -0.39 is 0 Å². The first-order chi connectivity index (χ1) is 11.1. The van der Waals surface area contributed by atoms with E-state index in [0.717, 1.165) is 29.8 Å². The molecule has 3 aliphatic rings. The number of aliphatic hydroxyl groups is 1. The second-order valence-corrected chi connectivity index (χ2v) is 7.51. The van der Waals surface area contributed by atoms with E-state index in [4.69, 9.17) is 4.74 Å². The van der Waals surface area contributed by atoms with Gasteiger partial charge in [-0.3, -0.25) is 0 Å². The molecule has 2 aromatic rings. The van der Waals surface area contributed by atoms with Crippen LogP contribution in [0.2, 0.25) is 0 Å². The summed E-state index contributed by atoms with van der Waals surface area (Å²) in [5.41, 5.74) is 1.73. The lowest BCUT2D eigenvalue weighted by Gasteiger charge is -2.33. The average molecular weight is 315 g/mol. The van der Waals surface area contributed by atoms with Crippen LogP contribution in [0.3, 0.4) is 0 Å². The van der Waals surface area contributed by atoms with Gasteiger partial charge in [-0.25, -0.2) is 15.0 Å². The van der Waals surface area contributed by atoms with Gasteiger partial charge < -0.3 is 19.3 Å². The van der Waals surface area contributed by atoms with Gasteiger partial charge in [0.05, 0.1) is 31.7 Å². The van der Waals surface area contributed by atoms with E-state index >= 15 is 0 Å². The fourth-order valence-corrected chi connectivity index (χ4v) is 5.22. The summed E-state index contributed by atoms with van der Waals surface area (Å²) in [6.07, 6.45) is 5.86. The van der Waals surface area contributed by atoms with Crippen LogP contribution in [0.25, 0.3) is 11.2 Å². The predicted molar refractivity (Wildman–Crippen MR) is 84.2 cm³/mol. The maximum atomic E-state index is 9.83. The number of fused-ring (bicyclic) bond motifs is 2. The van der Waals surface area contributed by atoms with Crippen LogP contribution in [0.4, 0.5) is 5.82 Å². The Kier molecular flexibility index (Phi) is 2.63. The van der Waals surface area contributed by atoms with Crippen LogP contribution in [-0.2, 0) is 4.74 Å². The van der Waals surface area contributed by atoms with E-state index in [2.05, 4.69) is 19.5 Å². The number of hydrogen-bond donors (Lipinski definition) is 1. The Morgan fingerprint density at radius 1 is 1.39 bits per heavy atom. The summed E-state index contributed by atoms with van der Waals surface area (Å²) in [6.45, 7) is 0.936. The number of aromatic nitrogens is 4. The smallest absolute Gasteiger partial charge is 0.165 e. The van der Waals surface area contributed by atoms with Gasteiger partial charge in [-0.1, -0.05) is 0 Å². The quantitative estimate of drug-likeness (QED) is 0.905. The van der Waals surface area contributed by atoms with Gasteiger partial charge in [-0.05, 0) is 24.7 Å². The van der Waals surface area contributed by atoms with Gasteiger partial charge in [0.25, 0.3) is 0 Å². The largest absolute Gasteiger partial charge is 0.396 e. The standard InChI is InChI=1S/C16H21N5O2/c1-20(2)14-11-15(18-7-17-14)21(8-19-11)12-9-3-10-13(12)23-6-16(10,4-9)5-22/h7-10,12-13,22H,3-6H2,1-2H3/t9-,10-,12+,13-,16-/m1/s1. The fraction of sp³-hybridized carbons (Fsp3) is 0.688. The average Bonchev–Trinajstić information content (AvgIpc) is 3.25. The van der Waals surface area contributed by atoms with Crippen LogP contribution in [0.15, 0.2) is 12.7 Å². The van der Waals surface area contributed by atoms with Crippen LogP contribution < -0.4 is 4.90 Å². The van der Waals surface area contributed by atoms with E-state index in [9.17, 15) is 5.11 Å². The molecule has 1 saturated heterocycles. The van der Waals surface area contributed by atoms with Crippen molar-refractivity contribution in [1.29, 1.82) is 0 Å². The lowest BCUT2D eigenvalue weighted by molar-refractivity contribution is 0.0656. The number of hydrogen-bond acceptors (Lipinski definition) is 6. The Labute approximate surface area is 134 Å². The minimum Gasteiger partial charge on any atom is -0.396 e. The monoisotopic (exact) mass is 315 g/mol. The molecule has 5 rings (SSSR count). The Bertz CT molecular complexity index is 775. The minimum atomic E-state index is 0.00595. The highest BCUT2D eigenvalue weighted by Gasteiger charge is 2.65. The first-order valence-electron chi connectivity index (χ1n) is 8.22. The summed E-state index contributed by atoms with van der Waals surface area (Å²) in [5, 5.41) is 9.83.